The van der Waals surface area contributed by atoms with Crippen LogP contribution in [-0.4, -0.2) is 4.98 Å². The van der Waals surface area contributed by atoms with Crippen LogP contribution in [0, 0.1) is 12.7 Å². The van der Waals surface area contributed by atoms with E-state index in [1.807, 2.05) is 18.2 Å². The normalized spacial score (nSPS) is 10.4. The number of hydrogen-bond acceptors (Lipinski definition) is 3. The predicted molar refractivity (Wildman–Crippen MR) is 67.6 cm³/mol. The highest BCUT2D eigenvalue weighted by atomic mass is 19.1. The molecule has 0 aliphatic carbocycles. The van der Waals surface area contributed by atoms with Crippen molar-refractivity contribution in [1.82, 2.24) is 4.98 Å². The van der Waals surface area contributed by atoms with Crippen molar-refractivity contribution in [1.29, 1.82) is 0 Å². The first kappa shape index (κ1) is 12.5. The zero-order valence-corrected chi connectivity index (χ0v) is 10.2. The molecule has 0 saturated carbocycles. The Morgan fingerprint density at radius 1 is 1.17 bits per heavy atom. The number of pyridine rings is 1. The summed E-state index contributed by atoms with van der Waals surface area (Å²) >= 11 is 0. The van der Waals surface area contributed by atoms with Gasteiger partial charge in [0.05, 0.1) is 11.4 Å². The Labute approximate surface area is 105 Å². The van der Waals surface area contributed by atoms with Crippen LogP contribution in [0.1, 0.15) is 17.0 Å². The maximum absolute atomic E-state index is 13.7. The fraction of sp³-hybridized carbons (Fsp3) is 0.214. The third kappa shape index (κ3) is 2.84. The first-order valence-electron chi connectivity index (χ1n) is 5.73. The van der Waals surface area contributed by atoms with Crippen molar-refractivity contribution in [3.05, 3.63) is 59.2 Å². The van der Waals surface area contributed by atoms with Crippen LogP contribution < -0.4 is 10.5 Å². The van der Waals surface area contributed by atoms with Gasteiger partial charge in [0, 0.05) is 6.54 Å². The molecule has 1 heterocycles. The van der Waals surface area contributed by atoms with Crippen LogP contribution in [0.15, 0.2) is 36.4 Å². The highest BCUT2D eigenvalue weighted by Gasteiger charge is 2.06. The Morgan fingerprint density at radius 3 is 2.67 bits per heavy atom. The molecular formula is C14H15FN2O. The van der Waals surface area contributed by atoms with Crippen molar-refractivity contribution in [3.63, 3.8) is 0 Å². The molecule has 2 aromatic rings. The van der Waals surface area contributed by atoms with Gasteiger partial charge in [-0.2, -0.15) is 0 Å². The number of nitrogens with zero attached hydrogens (tertiary/aromatic N) is 1. The van der Waals surface area contributed by atoms with Crippen LogP contribution in [0.2, 0.25) is 0 Å². The Kier molecular flexibility index (Phi) is 3.89. The molecule has 18 heavy (non-hydrogen) atoms. The van der Waals surface area contributed by atoms with Crippen molar-refractivity contribution in [2.24, 2.45) is 5.73 Å². The maximum Gasteiger partial charge on any atom is 0.167 e. The topological polar surface area (TPSA) is 48.1 Å². The highest BCUT2D eigenvalue weighted by molar-refractivity contribution is 5.30. The van der Waals surface area contributed by atoms with Gasteiger partial charge in [0.25, 0.3) is 0 Å². The number of benzene rings is 1. The summed E-state index contributed by atoms with van der Waals surface area (Å²) in [6.45, 7) is 2.32. The van der Waals surface area contributed by atoms with Gasteiger partial charge in [-0.3, -0.25) is 4.98 Å². The summed E-state index contributed by atoms with van der Waals surface area (Å²) in [5, 5.41) is 0. The van der Waals surface area contributed by atoms with E-state index in [1.54, 1.807) is 25.1 Å². The summed E-state index contributed by atoms with van der Waals surface area (Å²) in [5.74, 6) is -0.0811. The number of aryl methyl sites for hydroxylation is 1. The zero-order chi connectivity index (χ0) is 13.0. The van der Waals surface area contributed by atoms with E-state index in [4.69, 9.17) is 10.5 Å². The van der Waals surface area contributed by atoms with Crippen molar-refractivity contribution >= 4 is 0 Å². The molecule has 0 amide bonds. The largest absolute Gasteiger partial charge is 0.484 e. The van der Waals surface area contributed by atoms with Crippen LogP contribution >= 0.6 is 0 Å². The zero-order valence-electron chi connectivity index (χ0n) is 10.2. The van der Waals surface area contributed by atoms with E-state index in [-0.39, 0.29) is 18.2 Å². The average molecular weight is 246 g/mol. The van der Waals surface area contributed by atoms with Gasteiger partial charge in [-0.05, 0) is 30.7 Å². The van der Waals surface area contributed by atoms with Gasteiger partial charge in [0.1, 0.15) is 6.61 Å². The summed E-state index contributed by atoms with van der Waals surface area (Å²) < 4.78 is 19.1. The SMILES string of the molecule is Cc1cccc(OCc2cccc(CN)n2)c1F. The summed E-state index contributed by atoms with van der Waals surface area (Å²) in [5.41, 5.74) is 7.60. The van der Waals surface area contributed by atoms with Crippen molar-refractivity contribution in [2.45, 2.75) is 20.1 Å². The average Bonchev–Trinajstić information content (AvgIpc) is 2.41. The number of hydrogen-bond donors (Lipinski definition) is 1. The molecular weight excluding hydrogens is 231 g/mol. The van der Waals surface area contributed by atoms with E-state index in [0.717, 1.165) is 11.4 Å². The summed E-state index contributed by atoms with van der Waals surface area (Å²) in [6, 6.07) is 10.6. The monoisotopic (exact) mass is 246 g/mol. The molecule has 2 N–H and O–H groups in total. The molecule has 1 aromatic heterocycles. The maximum atomic E-state index is 13.7. The highest BCUT2D eigenvalue weighted by Crippen LogP contribution is 2.20. The van der Waals surface area contributed by atoms with Crippen molar-refractivity contribution in [2.75, 3.05) is 0 Å². The fourth-order valence-electron chi connectivity index (χ4n) is 1.61. The third-order valence-electron chi connectivity index (χ3n) is 2.61. The second kappa shape index (κ2) is 5.60. The molecule has 0 aliphatic rings. The predicted octanol–water partition coefficient (Wildman–Crippen LogP) is 2.57. The van der Waals surface area contributed by atoms with Gasteiger partial charge in [-0.15, -0.1) is 0 Å². The second-order valence-electron chi connectivity index (χ2n) is 4.00. The number of rotatable bonds is 4. The van der Waals surface area contributed by atoms with E-state index >= 15 is 0 Å². The molecule has 94 valence electrons. The number of aromatic nitrogens is 1. The lowest BCUT2D eigenvalue weighted by Gasteiger charge is -2.08. The van der Waals surface area contributed by atoms with Gasteiger partial charge in [0.15, 0.2) is 11.6 Å². The van der Waals surface area contributed by atoms with Gasteiger partial charge in [-0.1, -0.05) is 18.2 Å². The number of ether oxygens (including phenoxy) is 1. The minimum atomic E-state index is -0.326. The van der Waals surface area contributed by atoms with Crippen LogP contribution in [0.3, 0.4) is 0 Å². The fourth-order valence-corrected chi connectivity index (χ4v) is 1.61. The molecule has 3 nitrogen and oxygen atoms in total. The summed E-state index contributed by atoms with van der Waals surface area (Å²) in [7, 11) is 0. The lowest BCUT2D eigenvalue weighted by atomic mass is 10.2. The standard InChI is InChI=1S/C14H15FN2O/c1-10-4-2-7-13(14(10)15)18-9-12-6-3-5-11(8-16)17-12/h2-7H,8-9,16H2,1H3. The smallest absolute Gasteiger partial charge is 0.167 e. The van der Waals surface area contributed by atoms with Crippen LogP contribution in [0.25, 0.3) is 0 Å². The minimum Gasteiger partial charge on any atom is -0.484 e. The first-order valence-corrected chi connectivity index (χ1v) is 5.73. The lowest BCUT2D eigenvalue weighted by Crippen LogP contribution is -2.05. The third-order valence-corrected chi connectivity index (χ3v) is 2.61. The van der Waals surface area contributed by atoms with Gasteiger partial charge < -0.3 is 10.5 Å². The Bertz CT molecular complexity index is 543. The van der Waals surface area contributed by atoms with Crippen LogP contribution in [0.5, 0.6) is 5.75 Å². The van der Waals surface area contributed by atoms with E-state index in [9.17, 15) is 4.39 Å². The molecule has 0 spiro atoms. The van der Waals surface area contributed by atoms with E-state index in [0.29, 0.717) is 12.1 Å². The number of halogens is 1. The molecule has 0 saturated heterocycles. The molecule has 2 rings (SSSR count). The second-order valence-corrected chi connectivity index (χ2v) is 4.00. The van der Waals surface area contributed by atoms with Crippen molar-refractivity contribution < 1.29 is 9.13 Å². The Hall–Kier alpha value is -1.94. The Balaban J connectivity index is 2.09. The van der Waals surface area contributed by atoms with Gasteiger partial charge in [-0.25, -0.2) is 4.39 Å². The number of nitrogens with two attached hydrogens (primary N) is 1. The van der Waals surface area contributed by atoms with Gasteiger partial charge >= 0.3 is 0 Å². The van der Waals surface area contributed by atoms with E-state index in [1.165, 1.54) is 0 Å². The molecule has 0 unspecified atom stereocenters. The molecule has 0 fully saturated rings. The molecule has 0 aliphatic heterocycles. The molecule has 0 bridgehead atoms. The van der Waals surface area contributed by atoms with E-state index < -0.39 is 0 Å². The van der Waals surface area contributed by atoms with Gasteiger partial charge in [0.2, 0.25) is 0 Å². The summed E-state index contributed by atoms with van der Waals surface area (Å²) in [4.78, 5) is 4.29. The molecule has 4 heteroatoms. The molecule has 0 atom stereocenters. The minimum absolute atomic E-state index is 0.230. The van der Waals surface area contributed by atoms with E-state index in [2.05, 4.69) is 4.98 Å². The summed E-state index contributed by atoms with van der Waals surface area (Å²) in [6.07, 6.45) is 0. The van der Waals surface area contributed by atoms with Crippen LogP contribution in [-0.2, 0) is 13.2 Å². The molecule has 0 radical (unpaired) electrons. The first-order chi connectivity index (χ1) is 8.70. The Morgan fingerprint density at radius 2 is 1.89 bits per heavy atom. The van der Waals surface area contributed by atoms with Crippen molar-refractivity contribution in [3.8, 4) is 5.75 Å². The quantitative estimate of drug-likeness (QED) is 0.902. The van der Waals surface area contributed by atoms with Crippen LogP contribution in [0.4, 0.5) is 4.39 Å². The lowest BCUT2D eigenvalue weighted by molar-refractivity contribution is 0.285. The molecule has 1 aromatic carbocycles.